The first-order chi connectivity index (χ1) is 14.6. The Balaban J connectivity index is 1.51. The fourth-order valence-corrected chi connectivity index (χ4v) is 3.81. The van der Waals surface area contributed by atoms with Crippen LogP contribution in [0.25, 0.3) is 0 Å². The number of hydrogen-bond acceptors (Lipinski definition) is 4. The van der Waals surface area contributed by atoms with Crippen molar-refractivity contribution in [3.8, 4) is 5.75 Å². The van der Waals surface area contributed by atoms with Crippen molar-refractivity contribution in [1.29, 1.82) is 0 Å². The maximum Gasteiger partial charge on any atom is 0.252 e. The van der Waals surface area contributed by atoms with E-state index < -0.39 is 0 Å². The molecule has 7 heteroatoms. The number of nitrogens with one attached hydrogen (secondary N) is 1. The molecule has 1 atom stereocenters. The number of nitrogens with zero attached hydrogens (tertiary/aromatic N) is 2. The Bertz CT molecular complexity index is 874. The van der Waals surface area contributed by atoms with Crippen LogP contribution in [0.2, 0.25) is 5.02 Å². The fourth-order valence-electron chi connectivity index (χ4n) is 3.60. The lowest BCUT2D eigenvalue weighted by Gasteiger charge is -2.33. The minimum atomic E-state index is -0.213. The van der Waals surface area contributed by atoms with Crippen LogP contribution < -0.4 is 10.1 Å². The highest BCUT2D eigenvalue weighted by molar-refractivity contribution is 6.33. The van der Waals surface area contributed by atoms with Gasteiger partial charge in [0.2, 0.25) is 5.91 Å². The van der Waals surface area contributed by atoms with Gasteiger partial charge in [-0.05, 0) is 48.9 Å². The molecule has 1 aliphatic heterocycles. The topological polar surface area (TPSA) is 71.5 Å². The zero-order valence-electron chi connectivity index (χ0n) is 17.3. The van der Waals surface area contributed by atoms with Gasteiger partial charge in [-0.1, -0.05) is 30.7 Å². The molecule has 160 valence electrons. The third kappa shape index (κ3) is 6.20. The lowest BCUT2D eigenvalue weighted by molar-refractivity contribution is -0.132. The molecule has 1 aromatic carbocycles. The molecule has 2 heterocycles. The van der Waals surface area contributed by atoms with Crippen molar-refractivity contribution < 1.29 is 14.3 Å². The zero-order valence-corrected chi connectivity index (χ0v) is 18.0. The predicted molar refractivity (Wildman–Crippen MR) is 117 cm³/mol. The molecular formula is C23H28ClN3O3. The predicted octanol–water partition coefficient (Wildman–Crippen LogP) is 3.73. The Morgan fingerprint density at radius 1 is 1.33 bits per heavy atom. The number of benzene rings is 1. The number of halogens is 1. The van der Waals surface area contributed by atoms with Crippen LogP contribution >= 0.6 is 11.6 Å². The summed E-state index contributed by atoms with van der Waals surface area (Å²) in [7, 11) is 0. The number of piperidine rings is 1. The van der Waals surface area contributed by atoms with Gasteiger partial charge in [-0.15, -0.1) is 0 Å². The van der Waals surface area contributed by atoms with Crippen LogP contribution in [0.15, 0.2) is 42.7 Å². The van der Waals surface area contributed by atoms with Gasteiger partial charge in [-0.25, -0.2) is 0 Å². The smallest absolute Gasteiger partial charge is 0.252 e. The Morgan fingerprint density at radius 3 is 3.00 bits per heavy atom. The number of carbonyl (C=O) groups excluding carboxylic acids is 2. The Kier molecular flexibility index (Phi) is 8.08. The summed E-state index contributed by atoms with van der Waals surface area (Å²) in [6.45, 7) is 4.65. The van der Waals surface area contributed by atoms with Crippen LogP contribution in [0.4, 0.5) is 0 Å². The van der Waals surface area contributed by atoms with Crippen molar-refractivity contribution >= 4 is 23.4 Å². The molecule has 1 aromatic heterocycles. The molecule has 3 rings (SSSR count). The van der Waals surface area contributed by atoms with Crippen LogP contribution in [0.1, 0.15) is 42.1 Å². The highest BCUT2D eigenvalue weighted by Crippen LogP contribution is 2.19. The maximum absolute atomic E-state index is 12.8. The molecule has 1 saturated heterocycles. The van der Waals surface area contributed by atoms with E-state index in [1.165, 1.54) is 6.20 Å². The lowest BCUT2D eigenvalue weighted by atomic mass is 9.97. The fraction of sp³-hybridized carbons (Fsp3) is 0.435. The molecular weight excluding hydrogens is 402 g/mol. The first-order valence-electron chi connectivity index (χ1n) is 10.4. The molecule has 0 bridgehead atoms. The van der Waals surface area contributed by atoms with Gasteiger partial charge in [-0.2, -0.15) is 0 Å². The van der Waals surface area contributed by atoms with E-state index in [0.29, 0.717) is 36.7 Å². The van der Waals surface area contributed by atoms with Gasteiger partial charge in [0.05, 0.1) is 23.6 Å². The van der Waals surface area contributed by atoms with Crippen LogP contribution in [-0.4, -0.2) is 47.9 Å². The molecule has 1 unspecified atom stereocenters. The van der Waals surface area contributed by atoms with Gasteiger partial charge >= 0.3 is 0 Å². The number of amides is 2. The van der Waals surface area contributed by atoms with Crippen LogP contribution in [0.5, 0.6) is 5.75 Å². The van der Waals surface area contributed by atoms with E-state index in [0.717, 1.165) is 37.1 Å². The molecule has 1 N–H and O–H groups in total. The van der Waals surface area contributed by atoms with Crippen molar-refractivity contribution in [2.24, 2.45) is 5.92 Å². The van der Waals surface area contributed by atoms with Gasteiger partial charge in [0.15, 0.2) is 0 Å². The van der Waals surface area contributed by atoms with Gasteiger partial charge in [-0.3, -0.25) is 14.6 Å². The molecule has 0 saturated carbocycles. The summed E-state index contributed by atoms with van der Waals surface area (Å²) in [5.74, 6) is 0.924. The molecule has 2 amide bonds. The summed E-state index contributed by atoms with van der Waals surface area (Å²) in [6.07, 6.45) is 6.22. The van der Waals surface area contributed by atoms with Gasteiger partial charge in [0, 0.05) is 32.0 Å². The molecule has 6 nitrogen and oxygen atoms in total. The van der Waals surface area contributed by atoms with E-state index in [4.69, 9.17) is 16.3 Å². The number of likely N-dealkylation sites (tertiary alicyclic amines) is 1. The summed E-state index contributed by atoms with van der Waals surface area (Å²) in [6, 6.07) is 9.34. The highest BCUT2D eigenvalue weighted by atomic mass is 35.5. The van der Waals surface area contributed by atoms with Gasteiger partial charge < -0.3 is 15.0 Å². The first kappa shape index (κ1) is 22.1. The van der Waals surface area contributed by atoms with Crippen molar-refractivity contribution in [2.75, 3.05) is 26.2 Å². The molecule has 1 aliphatic rings. The van der Waals surface area contributed by atoms with Crippen molar-refractivity contribution in [3.63, 3.8) is 0 Å². The number of aromatic nitrogens is 1. The van der Waals surface area contributed by atoms with E-state index in [1.54, 1.807) is 12.3 Å². The third-order valence-electron chi connectivity index (χ3n) is 5.17. The quantitative estimate of drug-likeness (QED) is 0.693. The van der Waals surface area contributed by atoms with E-state index in [9.17, 15) is 9.59 Å². The lowest BCUT2D eigenvalue weighted by Crippen LogP contribution is -2.44. The third-order valence-corrected chi connectivity index (χ3v) is 5.47. The second-order valence-corrected chi connectivity index (χ2v) is 7.99. The largest absolute Gasteiger partial charge is 0.494 e. The molecule has 1 fully saturated rings. The normalized spacial score (nSPS) is 16.2. The minimum Gasteiger partial charge on any atom is -0.494 e. The highest BCUT2D eigenvalue weighted by Gasteiger charge is 2.24. The average molecular weight is 430 g/mol. The van der Waals surface area contributed by atoms with Crippen LogP contribution in [-0.2, 0) is 11.2 Å². The minimum absolute atomic E-state index is 0.107. The van der Waals surface area contributed by atoms with Gasteiger partial charge in [0.25, 0.3) is 5.91 Å². The SMILES string of the molecule is CCCOc1cccc(CC(=O)N2CCCC(CNC(=O)c3ccncc3Cl)C2)c1. The standard InChI is InChI=1S/C23H28ClN3O3/c1-2-11-30-19-7-3-5-17(12-19)13-22(28)27-10-4-6-18(16-27)14-26-23(29)20-8-9-25-15-21(20)24/h3,5,7-9,12,15,18H,2,4,6,10-11,13-14,16H2,1H3,(H,26,29). The number of rotatable bonds is 8. The maximum atomic E-state index is 12.8. The molecule has 0 radical (unpaired) electrons. The first-order valence-corrected chi connectivity index (χ1v) is 10.8. The molecule has 0 aliphatic carbocycles. The summed E-state index contributed by atoms with van der Waals surface area (Å²) >= 11 is 6.04. The van der Waals surface area contributed by atoms with Crippen LogP contribution in [0, 0.1) is 5.92 Å². The van der Waals surface area contributed by atoms with Crippen LogP contribution in [0.3, 0.4) is 0 Å². The molecule has 0 spiro atoms. The van der Waals surface area contributed by atoms with Crippen molar-refractivity contribution in [3.05, 3.63) is 58.9 Å². The second-order valence-electron chi connectivity index (χ2n) is 7.59. The zero-order chi connectivity index (χ0) is 21.3. The second kappa shape index (κ2) is 11.0. The summed E-state index contributed by atoms with van der Waals surface area (Å²) < 4.78 is 5.66. The summed E-state index contributed by atoms with van der Waals surface area (Å²) in [5, 5.41) is 3.27. The summed E-state index contributed by atoms with van der Waals surface area (Å²) in [4.78, 5) is 31.0. The van der Waals surface area contributed by atoms with Gasteiger partial charge in [0.1, 0.15) is 5.75 Å². The van der Waals surface area contributed by atoms with E-state index in [1.807, 2.05) is 29.2 Å². The summed E-state index contributed by atoms with van der Waals surface area (Å²) in [5.41, 5.74) is 1.37. The Morgan fingerprint density at radius 2 is 2.20 bits per heavy atom. The monoisotopic (exact) mass is 429 g/mol. The van der Waals surface area contributed by atoms with E-state index in [2.05, 4.69) is 17.2 Å². The van der Waals surface area contributed by atoms with E-state index >= 15 is 0 Å². The number of hydrogen-bond donors (Lipinski definition) is 1. The number of pyridine rings is 1. The molecule has 2 aromatic rings. The number of carbonyl (C=O) groups is 2. The molecule has 30 heavy (non-hydrogen) atoms. The Labute approximate surface area is 182 Å². The Hall–Kier alpha value is -2.60. The average Bonchev–Trinajstić information content (AvgIpc) is 2.77. The van der Waals surface area contributed by atoms with Crippen molar-refractivity contribution in [1.82, 2.24) is 15.2 Å². The number of ether oxygens (including phenoxy) is 1. The van der Waals surface area contributed by atoms with Crippen molar-refractivity contribution in [2.45, 2.75) is 32.6 Å². The van der Waals surface area contributed by atoms with E-state index in [-0.39, 0.29) is 17.7 Å².